The first-order chi connectivity index (χ1) is 11.7. The second kappa shape index (κ2) is 5.56. The van der Waals surface area contributed by atoms with Crippen LogP contribution in [0.15, 0.2) is 42.5 Å². The van der Waals surface area contributed by atoms with Gasteiger partial charge >= 0.3 is 0 Å². The topological polar surface area (TPSA) is 67.9 Å². The minimum atomic E-state index is -0.551. The van der Waals surface area contributed by atoms with Crippen LogP contribution in [0, 0.1) is 0 Å². The van der Waals surface area contributed by atoms with E-state index in [4.69, 9.17) is 9.47 Å². The molecule has 2 amide bonds. The first-order valence-corrected chi connectivity index (χ1v) is 7.72. The van der Waals surface area contributed by atoms with E-state index in [1.807, 2.05) is 24.3 Å². The number of nitrogens with one attached hydrogen (secondary N) is 1. The van der Waals surface area contributed by atoms with Crippen LogP contribution in [-0.4, -0.2) is 31.7 Å². The third kappa shape index (κ3) is 2.19. The lowest BCUT2D eigenvalue weighted by Crippen LogP contribution is -2.47. The van der Waals surface area contributed by atoms with Crippen molar-refractivity contribution < 1.29 is 19.1 Å². The second-order valence-corrected chi connectivity index (χ2v) is 5.71. The lowest BCUT2D eigenvalue weighted by atomic mass is 10.1. The molecule has 0 fully saturated rings. The number of nitrogens with zero attached hydrogens (tertiary/aromatic N) is 1. The Morgan fingerprint density at radius 1 is 1.12 bits per heavy atom. The minimum Gasteiger partial charge on any atom is -0.454 e. The monoisotopic (exact) mass is 324 g/mol. The number of likely N-dealkylation sites (N-methyl/N-ethyl adjacent to an activating group) is 1. The number of rotatable bonds is 2. The number of benzene rings is 2. The van der Waals surface area contributed by atoms with Crippen LogP contribution in [0.5, 0.6) is 11.5 Å². The quantitative estimate of drug-likeness (QED) is 0.913. The first kappa shape index (κ1) is 14.6. The molecule has 122 valence electrons. The van der Waals surface area contributed by atoms with Gasteiger partial charge in [0.1, 0.15) is 6.04 Å². The maximum atomic E-state index is 13.1. The van der Waals surface area contributed by atoms with Gasteiger partial charge in [-0.3, -0.25) is 14.5 Å². The Labute approximate surface area is 139 Å². The van der Waals surface area contributed by atoms with Gasteiger partial charge in [0.2, 0.25) is 12.7 Å². The van der Waals surface area contributed by atoms with E-state index in [1.54, 1.807) is 30.1 Å². The molecule has 0 aliphatic carbocycles. The smallest absolute Gasteiger partial charge is 0.259 e. The number of hydrogen-bond donors (Lipinski definition) is 1. The molecule has 6 heteroatoms. The highest BCUT2D eigenvalue weighted by Gasteiger charge is 2.38. The zero-order valence-corrected chi connectivity index (χ0v) is 13.1. The number of para-hydroxylation sites is 1. The second-order valence-electron chi connectivity index (χ2n) is 5.71. The van der Waals surface area contributed by atoms with E-state index >= 15 is 0 Å². The molecule has 0 saturated heterocycles. The number of ether oxygens (including phenoxy) is 2. The Morgan fingerprint density at radius 3 is 2.75 bits per heavy atom. The molecule has 0 spiro atoms. The van der Waals surface area contributed by atoms with Crippen molar-refractivity contribution in [3.8, 4) is 11.5 Å². The van der Waals surface area contributed by atoms with Crippen molar-refractivity contribution in [2.45, 2.75) is 12.5 Å². The SMILES string of the molecule is CNC(=O)[C@@H]1Cc2ccccc2N1C(=O)c1ccc2c(c1)OCO2. The molecule has 2 aromatic rings. The molecule has 0 bridgehead atoms. The average molecular weight is 324 g/mol. The van der Waals surface area contributed by atoms with Crippen LogP contribution in [-0.2, 0) is 11.2 Å². The van der Waals surface area contributed by atoms with Gasteiger partial charge in [-0.15, -0.1) is 0 Å². The Balaban J connectivity index is 1.74. The van der Waals surface area contributed by atoms with Gasteiger partial charge in [0.05, 0.1) is 0 Å². The minimum absolute atomic E-state index is 0.153. The summed E-state index contributed by atoms with van der Waals surface area (Å²) in [5.41, 5.74) is 2.22. The molecule has 2 aliphatic heterocycles. The molecule has 2 aromatic carbocycles. The molecule has 24 heavy (non-hydrogen) atoms. The third-order valence-corrected chi connectivity index (χ3v) is 4.36. The number of anilines is 1. The lowest BCUT2D eigenvalue weighted by Gasteiger charge is -2.24. The van der Waals surface area contributed by atoms with Crippen LogP contribution < -0.4 is 19.7 Å². The Bertz CT molecular complexity index is 834. The average Bonchev–Trinajstić information content (AvgIpc) is 3.23. The highest BCUT2D eigenvalue weighted by Crippen LogP contribution is 2.36. The Kier molecular flexibility index (Phi) is 3.37. The van der Waals surface area contributed by atoms with Crippen molar-refractivity contribution in [2.24, 2.45) is 0 Å². The van der Waals surface area contributed by atoms with E-state index < -0.39 is 6.04 Å². The van der Waals surface area contributed by atoms with Crippen molar-refractivity contribution in [1.82, 2.24) is 5.32 Å². The molecule has 1 atom stereocenters. The number of carbonyl (C=O) groups is 2. The van der Waals surface area contributed by atoms with Crippen molar-refractivity contribution in [1.29, 1.82) is 0 Å². The molecular formula is C18H16N2O4. The van der Waals surface area contributed by atoms with Gasteiger partial charge in [-0.1, -0.05) is 18.2 Å². The fourth-order valence-electron chi connectivity index (χ4n) is 3.18. The molecule has 4 rings (SSSR count). The van der Waals surface area contributed by atoms with Crippen molar-refractivity contribution in [3.05, 3.63) is 53.6 Å². The summed E-state index contributed by atoms with van der Waals surface area (Å²) in [6.45, 7) is 0.153. The summed E-state index contributed by atoms with van der Waals surface area (Å²) in [4.78, 5) is 26.9. The molecule has 2 aliphatic rings. The highest BCUT2D eigenvalue weighted by atomic mass is 16.7. The Hall–Kier alpha value is -3.02. The fourth-order valence-corrected chi connectivity index (χ4v) is 3.18. The van der Waals surface area contributed by atoms with Gasteiger partial charge in [-0.25, -0.2) is 0 Å². The zero-order valence-electron chi connectivity index (χ0n) is 13.1. The number of hydrogen-bond acceptors (Lipinski definition) is 4. The third-order valence-electron chi connectivity index (χ3n) is 4.36. The summed E-state index contributed by atoms with van der Waals surface area (Å²) in [5.74, 6) is 0.758. The van der Waals surface area contributed by atoms with Crippen molar-refractivity contribution in [2.75, 3.05) is 18.7 Å². The summed E-state index contributed by atoms with van der Waals surface area (Å²) in [5, 5.41) is 2.64. The van der Waals surface area contributed by atoms with Gasteiger partial charge in [0.25, 0.3) is 5.91 Å². The van der Waals surface area contributed by atoms with Gasteiger partial charge in [0.15, 0.2) is 11.5 Å². The van der Waals surface area contributed by atoms with Gasteiger partial charge in [-0.2, -0.15) is 0 Å². The summed E-state index contributed by atoms with van der Waals surface area (Å²) >= 11 is 0. The van der Waals surface area contributed by atoms with Crippen LogP contribution in [0.4, 0.5) is 5.69 Å². The lowest BCUT2D eigenvalue weighted by molar-refractivity contribution is -0.121. The van der Waals surface area contributed by atoms with E-state index in [0.717, 1.165) is 11.3 Å². The largest absolute Gasteiger partial charge is 0.454 e. The van der Waals surface area contributed by atoms with Crippen LogP contribution in [0.25, 0.3) is 0 Å². The van der Waals surface area contributed by atoms with E-state index in [-0.39, 0.29) is 18.6 Å². The van der Waals surface area contributed by atoms with Crippen LogP contribution in [0.2, 0.25) is 0 Å². The van der Waals surface area contributed by atoms with Gasteiger partial charge in [0, 0.05) is 24.7 Å². The van der Waals surface area contributed by atoms with Crippen molar-refractivity contribution in [3.63, 3.8) is 0 Å². The number of fused-ring (bicyclic) bond motifs is 2. The predicted octanol–water partition coefficient (Wildman–Crippen LogP) is 1.73. The number of carbonyl (C=O) groups excluding carboxylic acids is 2. The first-order valence-electron chi connectivity index (χ1n) is 7.72. The predicted molar refractivity (Wildman–Crippen MR) is 87.4 cm³/mol. The molecule has 1 N–H and O–H groups in total. The van der Waals surface area contributed by atoms with E-state index in [1.165, 1.54) is 0 Å². The normalized spacial score (nSPS) is 17.5. The molecule has 6 nitrogen and oxygen atoms in total. The maximum absolute atomic E-state index is 13.1. The summed E-state index contributed by atoms with van der Waals surface area (Å²) < 4.78 is 10.6. The Morgan fingerprint density at radius 2 is 1.92 bits per heavy atom. The molecular weight excluding hydrogens is 308 g/mol. The van der Waals surface area contributed by atoms with E-state index in [2.05, 4.69) is 5.32 Å². The maximum Gasteiger partial charge on any atom is 0.259 e. The van der Waals surface area contributed by atoms with Crippen LogP contribution in [0.3, 0.4) is 0 Å². The summed E-state index contributed by atoms with van der Waals surface area (Å²) in [6, 6.07) is 12.1. The number of amides is 2. The van der Waals surface area contributed by atoms with E-state index in [0.29, 0.717) is 23.5 Å². The van der Waals surface area contributed by atoms with Gasteiger partial charge in [-0.05, 0) is 29.8 Å². The van der Waals surface area contributed by atoms with E-state index in [9.17, 15) is 9.59 Å². The molecule has 0 saturated carbocycles. The molecule has 0 unspecified atom stereocenters. The standard InChI is InChI=1S/C18H16N2O4/c1-19-17(21)14-8-11-4-2-3-5-13(11)20(14)18(22)12-6-7-15-16(9-12)24-10-23-15/h2-7,9,14H,8,10H2,1H3,(H,19,21)/t14-/m0/s1. The molecule has 0 radical (unpaired) electrons. The highest BCUT2D eigenvalue weighted by molar-refractivity contribution is 6.11. The summed E-state index contributed by atoms with van der Waals surface area (Å²) in [6.07, 6.45) is 0.506. The molecule has 2 heterocycles. The van der Waals surface area contributed by atoms with Crippen LogP contribution in [0.1, 0.15) is 15.9 Å². The van der Waals surface area contributed by atoms with Crippen LogP contribution >= 0.6 is 0 Å². The summed E-state index contributed by atoms with van der Waals surface area (Å²) in [7, 11) is 1.58. The molecule has 0 aromatic heterocycles. The van der Waals surface area contributed by atoms with Gasteiger partial charge < -0.3 is 14.8 Å². The fraction of sp³-hybridized carbons (Fsp3) is 0.222. The van der Waals surface area contributed by atoms with Crippen molar-refractivity contribution >= 4 is 17.5 Å². The zero-order chi connectivity index (χ0) is 16.7.